The molecule has 0 saturated heterocycles. The first kappa shape index (κ1) is 15.5. The number of hydrogen-bond acceptors (Lipinski definition) is 4. The van der Waals surface area contributed by atoms with Gasteiger partial charge in [0.2, 0.25) is 5.91 Å². The third-order valence-electron chi connectivity index (χ3n) is 2.40. The first-order valence-corrected chi connectivity index (χ1v) is 6.31. The van der Waals surface area contributed by atoms with Crippen LogP contribution in [0.1, 0.15) is 13.8 Å². The van der Waals surface area contributed by atoms with Crippen molar-refractivity contribution < 1.29 is 14.3 Å². The molecule has 19 heavy (non-hydrogen) atoms. The van der Waals surface area contributed by atoms with Crippen molar-refractivity contribution in [2.45, 2.75) is 19.9 Å². The molecule has 1 rings (SSSR count). The second-order valence-corrected chi connectivity index (χ2v) is 4.75. The van der Waals surface area contributed by atoms with Crippen molar-refractivity contribution in [2.75, 3.05) is 25.6 Å². The van der Waals surface area contributed by atoms with Gasteiger partial charge in [0, 0.05) is 7.11 Å². The van der Waals surface area contributed by atoms with Gasteiger partial charge in [-0.05, 0) is 18.1 Å². The van der Waals surface area contributed by atoms with Gasteiger partial charge < -0.3 is 20.5 Å². The van der Waals surface area contributed by atoms with E-state index < -0.39 is 6.04 Å². The third kappa shape index (κ3) is 5.28. The Morgan fingerprint density at radius 1 is 1.32 bits per heavy atom. The molecule has 5 nitrogen and oxygen atoms in total. The molecule has 3 N–H and O–H groups in total. The lowest BCUT2D eigenvalue weighted by atomic mass is 10.2. The van der Waals surface area contributed by atoms with Gasteiger partial charge >= 0.3 is 0 Å². The summed E-state index contributed by atoms with van der Waals surface area (Å²) in [6.45, 7) is 4.91. The second kappa shape index (κ2) is 7.76. The maximum absolute atomic E-state index is 11.8. The van der Waals surface area contributed by atoms with Crippen molar-refractivity contribution in [2.24, 2.45) is 11.7 Å². The summed E-state index contributed by atoms with van der Waals surface area (Å²) < 4.78 is 10.5. The number of methoxy groups -OCH3 is 1. The number of hydrogen-bond donors (Lipinski definition) is 2. The van der Waals surface area contributed by atoms with Crippen molar-refractivity contribution in [1.82, 2.24) is 0 Å². The van der Waals surface area contributed by atoms with Crippen LogP contribution in [0.25, 0.3) is 0 Å². The third-order valence-corrected chi connectivity index (χ3v) is 2.40. The van der Waals surface area contributed by atoms with E-state index in [4.69, 9.17) is 15.2 Å². The van der Waals surface area contributed by atoms with Crippen LogP contribution in [0.3, 0.4) is 0 Å². The molecule has 0 aliphatic heterocycles. The summed E-state index contributed by atoms with van der Waals surface area (Å²) in [7, 11) is 1.51. The van der Waals surface area contributed by atoms with E-state index >= 15 is 0 Å². The highest BCUT2D eigenvalue weighted by molar-refractivity contribution is 5.96. The van der Waals surface area contributed by atoms with Crippen LogP contribution in [0.4, 0.5) is 5.69 Å². The fourth-order valence-corrected chi connectivity index (χ4v) is 1.43. The molecule has 1 atom stereocenters. The molecule has 0 fully saturated rings. The largest absolute Gasteiger partial charge is 0.491 e. The number of nitrogens with one attached hydrogen (secondary N) is 1. The summed E-state index contributed by atoms with van der Waals surface area (Å²) in [6.07, 6.45) is 0. The fraction of sp³-hybridized carbons (Fsp3) is 0.500. The van der Waals surface area contributed by atoms with Gasteiger partial charge in [-0.25, -0.2) is 0 Å². The Labute approximate surface area is 114 Å². The maximum Gasteiger partial charge on any atom is 0.243 e. The number of rotatable bonds is 7. The van der Waals surface area contributed by atoms with Gasteiger partial charge in [0.05, 0.1) is 18.9 Å². The molecule has 106 valence electrons. The lowest BCUT2D eigenvalue weighted by Crippen LogP contribution is -2.39. The van der Waals surface area contributed by atoms with Gasteiger partial charge in [0.15, 0.2) is 0 Å². The normalized spacial score (nSPS) is 12.3. The van der Waals surface area contributed by atoms with Crippen molar-refractivity contribution in [3.05, 3.63) is 24.3 Å². The highest BCUT2D eigenvalue weighted by Crippen LogP contribution is 2.24. The van der Waals surface area contributed by atoms with Crippen LogP contribution in [-0.2, 0) is 9.53 Å². The number of carbonyl (C=O) groups is 1. The van der Waals surface area contributed by atoms with Gasteiger partial charge in [-0.3, -0.25) is 4.79 Å². The minimum atomic E-state index is -0.692. The summed E-state index contributed by atoms with van der Waals surface area (Å²) in [4.78, 5) is 11.8. The zero-order chi connectivity index (χ0) is 14.3. The van der Waals surface area contributed by atoms with E-state index in [0.29, 0.717) is 24.0 Å². The summed E-state index contributed by atoms with van der Waals surface area (Å²) in [5.41, 5.74) is 6.29. The first-order valence-electron chi connectivity index (χ1n) is 6.31. The van der Waals surface area contributed by atoms with E-state index in [1.165, 1.54) is 7.11 Å². The van der Waals surface area contributed by atoms with Crippen LogP contribution in [-0.4, -0.2) is 32.3 Å². The SMILES string of the molecule is COCC(N)C(=O)Nc1ccccc1OCC(C)C. The fourth-order valence-electron chi connectivity index (χ4n) is 1.43. The first-order chi connectivity index (χ1) is 9.04. The zero-order valence-electron chi connectivity index (χ0n) is 11.7. The molecular formula is C14H22N2O3. The number of amides is 1. The topological polar surface area (TPSA) is 73.6 Å². The molecule has 5 heteroatoms. The number of para-hydroxylation sites is 2. The predicted molar refractivity (Wildman–Crippen MR) is 75.3 cm³/mol. The van der Waals surface area contributed by atoms with Crippen molar-refractivity contribution in [3.63, 3.8) is 0 Å². The molecule has 1 amide bonds. The molecule has 1 unspecified atom stereocenters. The van der Waals surface area contributed by atoms with E-state index in [2.05, 4.69) is 19.2 Å². The molecule has 0 heterocycles. The maximum atomic E-state index is 11.8. The minimum Gasteiger partial charge on any atom is -0.491 e. The van der Waals surface area contributed by atoms with Crippen LogP contribution < -0.4 is 15.8 Å². The highest BCUT2D eigenvalue weighted by atomic mass is 16.5. The number of carbonyl (C=O) groups excluding carboxylic acids is 1. The molecule has 0 spiro atoms. The standard InChI is InChI=1S/C14H22N2O3/c1-10(2)8-19-13-7-5-4-6-12(13)16-14(17)11(15)9-18-3/h4-7,10-11H,8-9,15H2,1-3H3,(H,16,17). The van der Waals surface area contributed by atoms with Crippen LogP contribution in [0.5, 0.6) is 5.75 Å². The van der Waals surface area contributed by atoms with Crippen molar-refractivity contribution in [3.8, 4) is 5.75 Å². The quantitative estimate of drug-likeness (QED) is 0.786. The Morgan fingerprint density at radius 2 is 2.00 bits per heavy atom. The van der Waals surface area contributed by atoms with E-state index in [0.717, 1.165) is 0 Å². The average Bonchev–Trinajstić information content (AvgIpc) is 2.37. The molecule has 0 aliphatic rings. The number of anilines is 1. The molecule has 0 aromatic heterocycles. The van der Waals surface area contributed by atoms with Gasteiger partial charge in [0.25, 0.3) is 0 Å². The van der Waals surface area contributed by atoms with Crippen molar-refractivity contribution in [1.29, 1.82) is 0 Å². The summed E-state index contributed by atoms with van der Waals surface area (Å²) in [5, 5.41) is 2.75. The van der Waals surface area contributed by atoms with Gasteiger partial charge in [-0.2, -0.15) is 0 Å². The molecule has 1 aromatic carbocycles. The number of nitrogens with two attached hydrogens (primary N) is 1. The second-order valence-electron chi connectivity index (χ2n) is 4.75. The van der Waals surface area contributed by atoms with E-state index in [-0.39, 0.29) is 12.5 Å². The Morgan fingerprint density at radius 3 is 2.63 bits per heavy atom. The minimum absolute atomic E-state index is 0.181. The number of ether oxygens (including phenoxy) is 2. The van der Waals surface area contributed by atoms with E-state index in [1.54, 1.807) is 6.07 Å². The molecule has 0 aliphatic carbocycles. The van der Waals surface area contributed by atoms with Crippen LogP contribution in [0.2, 0.25) is 0 Å². The molecule has 0 bridgehead atoms. The molecule has 1 aromatic rings. The smallest absolute Gasteiger partial charge is 0.243 e. The Hall–Kier alpha value is -1.59. The lowest BCUT2D eigenvalue weighted by Gasteiger charge is -2.15. The Bertz CT molecular complexity index is 407. The van der Waals surface area contributed by atoms with Gasteiger partial charge in [0.1, 0.15) is 11.8 Å². The Kier molecular flexibility index (Phi) is 6.32. The van der Waals surface area contributed by atoms with E-state index in [1.807, 2.05) is 18.2 Å². The summed E-state index contributed by atoms with van der Waals surface area (Å²) in [6, 6.07) is 6.61. The highest BCUT2D eigenvalue weighted by Gasteiger charge is 2.15. The van der Waals surface area contributed by atoms with Gasteiger partial charge in [-0.1, -0.05) is 26.0 Å². The summed E-state index contributed by atoms with van der Waals surface area (Å²) >= 11 is 0. The van der Waals surface area contributed by atoms with Crippen LogP contribution in [0, 0.1) is 5.92 Å². The molecular weight excluding hydrogens is 244 g/mol. The number of benzene rings is 1. The molecule has 0 radical (unpaired) electrons. The molecule has 0 saturated carbocycles. The zero-order valence-corrected chi connectivity index (χ0v) is 11.7. The average molecular weight is 266 g/mol. The van der Waals surface area contributed by atoms with Crippen molar-refractivity contribution >= 4 is 11.6 Å². The Balaban J connectivity index is 2.69. The van der Waals surface area contributed by atoms with Gasteiger partial charge in [-0.15, -0.1) is 0 Å². The lowest BCUT2D eigenvalue weighted by molar-refractivity contribution is -0.118. The summed E-state index contributed by atoms with van der Waals surface area (Å²) in [5.74, 6) is 0.774. The van der Waals surface area contributed by atoms with E-state index in [9.17, 15) is 4.79 Å². The van der Waals surface area contributed by atoms with Crippen LogP contribution in [0.15, 0.2) is 24.3 Å². The van der Waals surface area contributed by atoms with Crippen LogP contribution >= 0.6 is 0 Å². The monoisotopic (exact) mass is 266 g/mol. The predicted octanol–water partition coefficient (Wildman–Crippen LogP) is 1.63.